The van der Waals surface area contributed by atoms with Gasteiger partial charge in [-0.3, -0.25) is 9.59 Å². The van der Waals surface area contributed by atoms with Gasteiger partial charge in [-0.15, -0.1) is 0 Å². The summed E-state index contributed by atoms with van der Waals surface area (Å²) in [5.74, 6) is -0.229. The fourth-order valence-corrected chi connectivity index (χ4v) is 3.61. The summed E-state index contributed by atoms with van der Waals surface area (Å²) < 4.78 is 2.21. The van der Waals surface area contributed by atoms with Crippen molar-refractivity contribution in [2.24, 2.45) is 0 Å². The van der Waals surface area contributed by atoms with Crippen LogP contribution in [0.2, 0.25) is 0 Å². The van der Waals surface area contributed by atoms with E-state index in [1.54, 1.807) is 12.1 Å². The fourth-order valence-electron chi connectivity index (χ4n) is 3.61. The van der Waals surface area contributed by atoms with Crippen LogP contribution in [0.25, 0.3) is 21.8 Å². The summed E-state index contributed by atoms with van der Waals surface area (Å²) >= 11 is 0. The molecular formula is C23H20N2O2. The fraction of sp³-hybridized carbons (Fsp3) is 0.130. The molecule has 4 aromatic rings. The Morgan fingerprint density at radius 1 is 1.00 bits per heavy atom. The van der Waals surface area contributed by atoms with Gasteiger partial charge in [-0.05, 0) is 50.2 Å². The predicted molar refractivity (Wildman–Crippen MR) is 110 cm³/mol. The van der Waals surface area contributed by atoms with E-state index < -0.39 is 0 Å². The van der Waals surface area contributed by atoms with Crippen LogP contribution in [0.3, 0.4) is 0 Å². The summed E-state index contributed by atoms with van der Waals surface area (Å²) in [6.07, 6.45) is 0.797. The lowest BCUT2D eigenvalue weighted by atomic mass is 10.1. The highest BCUT2D eigenvalue weighted by molar-refractivity contribution is 6.13. The van der Waals surface area contributed by atoms with Gasteiger partial charge in [0.25, 0.3) is 5.91 Å². The molecule has 0 unspecified atom stereocenters. The maximum absolute atomic E-state index is 12.6. The van der Waals surface area contributed by atoms with Crippen molar-refractivity contribution in [3.8, 4) is 0 Å². The molecule has 0 spiro atoms. The maximum atomic E-state index is 12.6. The molecule has 0 radical (unpaired) electrons. The van der Waals surface area contributed by atoms with Gasteiger partial charge in [0.1, 0.15) is 0 Å². The Hall–Kier alpha value is -3.40. The molecule has 0 aliphatic rings. The van der Waals surface area contributed by atoms with Crippen LogP contribution in [-0.4, -0.2) is 16.8 Å². The largest absolute Gasteiger partial charge is 0.341 e. The van der Waals surface area contributed by atoms with Gasteiger partial charge >= 0.3 is 0 Å². The van der Waals surface area contributed by atoms with Crippen LogP contribution in [-0.2, 0) is 6.54 Å². The third kappa shape index (κ3) is 2.89. The van der Waals surface area contributed by atoms with Crippen LogP contribution in [0.15, 0.2) is 60.7 Å². The highest BCUT2D eigenvalue weighted by Gasteiger charge is 2.15. The Balaban J connectivity index is 1.90. The summed E-state index contributed by atoms with van der Waals surface area (Å²) in [5, 5.41) is 5.04. The van der Waals surface area contributed by atoms with Gasteiger partial charge in [0.2, 0.25) is 0 Å². The molecular weight excluding hydrogens is 336 g/mol. The lowest BCUT2D eigenvalue weighted by Crippen LogP contribution is -2.13. The molecule has 0 atom stereocenters. The van der Waals surface area contributed by atoms with Crippen molar-refractivity contribution < 1.29 is 9.59 Å². The van der Waals surface area contributed by atoms with E-state index in [2.05, 4.69) is 41.9 Å². The third-order valence-corrected chi connectivity index (χ3v) is 4.92. The third-order valence-electron chi connectivity index (χ3n) is 4.92. The Morgan fingerprint density at radius 3 is 2.44 bits per heavy atom. The van der Waals surface area contributed by atoms with E-state index in [9.17, 15) is 9.59 Å². The van der Waals surface area contributed by atoms with Gasteiger partial charge in [-0.25, -0.2) is 0 Å². The first-order valence-electron chi connectivity index (χ1n) is 9.00. The number of aryl methyl sites for hydroxylation is 2. The summed E-state index contributed by atoms with van der Waals surface area (Å²) in [4.78, 5) is 24.3. The molecule has 0 fully saturated rings. The van der Waals surface area contributed by atoms with Gasteiger partial charge in [-0.1, -0.05) is 29.8 Å². The Kier molecular flexibility index (Phi) is 4.24. The molecule has 1 N–H and O–H groups in total. The SMILES string of the molecule is CCn1c2ccc(C)cc2c2cc(C=O)c(NC(=O)c3ccccc3)cc21. The van der Waals surface area contributed by atoms with E-state index in [0.717, 1.165) is 34.6 Å². The molecule has 4 nitrogen and oxygen atoms in total. The molecule has 1 amide bonds. The summed E-state index contributed by atoms with van der Waals surface area (Å²) in [6, 6.07) is 19.1. The Bertz CT molecular complexity index is 1170. The minimum Gasteiger partial charge on any atom is -0.341 e. The molecule has 27 heavy (non-hydrogen) atoms. The number of amides is 1. The molecule has 0 saturated carbocycles. The minimum atomic E-state index is -0.229. The molecule has 1 aromatic heterocycles. The van der Waals surface area contributed by atoms with E-state index in [0.29, 0.717) is 16.8 Å². The van der Waals surface area contributed by atoms with Crippen LogP contribution in [0.1, 0.15) is 33.2 Å². The topological polar surface area (TPSA) is 51.1 Å². The van der Waals surface area contributed by atoms with Crippen LogP contribution in [0.4, 0.5) is 5.69 Å². The van der Waals surface area contributed by atoms with Crippen LogP contribution >= 0.6 is 0 Å². The molecule has 134 valence electrons. The number of hydrogen-bond acceptors (Lipinski definition) is 2. The molecule has 0 aliphatic carbocycles. The maximum Gasteiger partial charge on any atom is 0.255 e. The van der Waals surface area contributed by atoms with Gasteiger partial charge in [0.05, 0.1) is 11.2 Å². The van der Waals surface area contributed by atoms with Gasteiger partial charge < -0.3 is 9.88 Å². The Labute approximate surface area is 157 Å². The number of fused-ring (bicyclic) bond motifs is 3. The molecule has 1 heterocycles. The average molecular weight is 356 g/mol. The first-order valence-corrected chi connectivity index (χ1v) is 9.00. The van der Waals surface area contributed by atoms with Crippen molar-refractivity contribution in [2.45, 2.75) is 20.4 Å². The second kappa shape index (κ2) is 6.72. The molecule has 0 saturated heterocycles. The normalized spacial score (nSPS) is 11.0. The first-order chi connectivity index (χ1) is 13.1. The van der Waals surface area contributed by atoms with Crippen molar-refractivity contribution in [1.29, 1.82) is 0 Å². The van der Waals surface area contributed by atoms with Crippen molar-refractivity contribution in [1.82, 2.24) is 4.57 Å². The summed E-state index contributed by atoms with van der Waals surface area (Å²) in [7, 11) is 0. The molecule has 0 bridgehead atoms. The smallest absolute Gasteiger partial charge is 0.255 e. The number of carbonyl (C=O) groups excluding carboxylic acids is 2. The number of hydrogen-bond donors (Lipinski definition) is 1. The summed E-state index contributed by atoms with van der Waals surface area (Å²) in [6.45, 7) is 4.95. The van der Waals surface area contributed by atoms with E-state index in [1.165, 1.54) is 5.56 Å². The van der Waals surface area contributed by atoms with Crippen LogP contribution in [0.5, 0.6) is 0 Å². The molecule has 3 aromatic carbocycles. The van der Waals surface area contributed by atoms with Crippen molar-refractivity contribution in [3.63, 3.8) is 0 Å². The zero-order chi connectivity index (χ0) is 19.0. The van der Waals surface area contributed by atoms with E-state index in [4.69, 9.17) is 0 Å². The number of aromatic nitrogens is 1. The van der Waals surface area contributed by atoms with Crippen LogP contribution < -0.4 is 5.32 Å². The van der Waals surface area contributed by atoms with E-state index in [-0.39, 0.29) is 5.91 Å². The zero-order valence-electron chi connectivity index (χ0n) is 15.3. The number of aldehydes is 1. The number of nitrogens with zero attached hydrogens (tertiary/aromatic N) is 1. The second-order valence-corrected chi connectivity index (χ2v) is 6.66. The number of carbonyl (C=O) groups is 2. The quantitative estimate of drug-likeness (QED) is 0.512. The highest BCUT2D eigenvalue weighted by atomic mass is 16.1. The van der Waals surface area contributed by atoms with Crippen molar-refractivity contribution in [2.75, 3.05) is 5.32 Å². The highest BCUT2D eigenvalue weighted by Crippen LogP contribution is 2.33. The average Bonchev–Trinajstić information content (AvgIpc) is 2.99. The van der Waals surface area contributed by atoms with Gasteiger partial charge in [-0.2, -0.15) is 0 Å². The monoisotopic (exact) mass is 356 g/mol. The number of nitrogens with one attached hydrogen (secondary N) is 1. The van der Waals surface area contributed by atoms with Gasteiger partial charge in [0, 0.05) is 34.0 Å². The molecule has 0 aliphatic heterocycles. The number of rotatable bonds is 4. The zero-order valence-corrected chi connectivity index (χ0v) is 15.3. The Morgan fingerprint density at radius 2 is 1.74 bits per heavy atom. The van der Waals surface area contributed by atoms with Crippen molar-refractivity contribution >= 4 is 39.7 Å². The number of anilines is 1. The van der Waals surface area contributed by atoms with Crippen LogP contribution in [0, 0.1) is 6.92 Å². The molecule has 4 rings (SSSR count). The van der Waals surface area contributed by atoms with E-state index >= 15 is 0 Å². The second-order valence-electron chi connectivity index (χ2n) is 6.66. The lowest BCUT2D eigenvalue weighted by Gasteiger charge is -2.10. The molecule has 4 heteroatoms. The van der Waals surface area contributed by atoms with E-state index in [1.807, 2.05) is 30.3 Å². The number of benzene rings is 3. The summed E-state index contributed by atoms with van der Waals surface area (Å²) in [5.41, 5.74) is 4.87. The standard InChI is InChI=1S/C23H20N2O2/c1-3-25-21-10-9-15(2)11-18(21)19-12-17(14-26)20(13-22(19)25)24-23(27)16-7-5-4-6-8-16/h4-14H,3H2,1-2H3,(H,24,27). The lowest BCUT2D eigenvalue weighted by molar-refractivity contribution is 0.102. The predicted octanol–water partition coefficient (Wildman–Crippen LogP) is 5.19. The van der Waals surface area contributed by atoms with Crippen molar-refractivity contribution in [3.05, 3.63) is 77.4 Å². The van der Waals surface area contributed by atoms with Gasteiger partial charge in [0.15, 0.2) is 6.29 Å². The minimum absolute atomic E-state index is 0.229. The first kappa shape index (κ1) is 17.0.